The minimum Gasteiger partial charge on any atom is -0.504 e. The molecule has 0 spiro atoms. The molecule has 0 amide bonds. The number of fused-ring (bicyclic) bond motifs is 1. The van der Waals surface area contributed by atoms with E-state index in [9.17, 15) is 19.8 Å². The molecule has 2 aliphatic carbocycles. The predicted molar refractivity (Wildman–Crippen MR) is 98.7 cm³/mol. The molecule has 0 aromatic heterocycles. The van der Waals surface area contributed by atoms with Gasteiger partial charge in [-0.05, 0) is 44.6 Å². The molecule has 0 radical (unpaired) electrons. The normalized spacial score (nSPS) is 32.3. The van der Waals surface area contributed by atoms with E-state index in [0.717, 1.165) is 12.1 Å². The monoisotopic (exact) mass is 371 g/mol. The van der Waals surface area contributed by atoms with E-state index in [2.05, 4.69) is 4.90 Å². The molecular formula is C21H25NO5. The molecule has 4 atom stereocenters. The number of phenols is 2. The van der Waals surface area contributed by atoms with Gasteiger partial charge in [0, 0.05) is 41.7 Å². The molecule has 1 aromatic carbocycles. The molecule has 27 heavy (non-hydrogen) atoms. The van der Waals surface area contributed by atoms with Gasteiger partial charge < -0.3 is 24.6 Å². The largest absolute Gasteiger partial charge is 0.504 e. The number of nitrogens with zero attached hydrogens (tertiary/aromatic N) is 1. The highest BCUT2D eigenvalue weighted by molar-refractivity contribution is 5.96. The van der Waals surface area contributed by atoms with E-state index in [1.54, 1.807) is 6.92 Å². The van der Waals surface area contributed by atoms with Gasteiger partial charge in [-0.15, -0.1) is 0 Å². The summed E-state index contributed by atoms with van der Waals surface area (Å²) in [5.41, 5.74) is 0.931. The summed E-state index contributed by atoms with van der Waals surface area (Å²) in [7, 11) is 3.54. The number of ether oxygens (including phenoxy) is 1. The minimum atomic E-state index is -0.582. The fourth-order valence-electron chi connectivity index (χ4n) is 5.66. The lowest BCUT2D eigenvalue weighted by molar-refractivity contribution is -0.124. The van der Waals surface area contributed by atoms with Gasteiger partial charge in [-0.3, -0.25) is 4.79 Å². The third kappa shape index (κ3) is 2.42. The summed E-state index contributed by atoms with van der Waals surface area (Å²) in [6.45, 7) is 2.33. The number of phenolic OH excluding ortho intramolecular Hbond substituents is 2. The molecule has 4 rings (SSSR count). The number of ketones is 2. The van der Waals surface area contributed by atoms with Gasteiger partial charge >= 0.3 is 0 Å². The molecule has 1 heterocycles. The third-order valence-corrected chi connectivity index (χ3v) is 6.73. The molecule has 0 saturated carbocycles. The first kappa shape index (κ1) is 18.0. The molecule has 1 fully saturated rings. The number of likely N-dealkylation sites (N-methyl/N-ethyl adjacent to an activating group) is 1. The number of rotatable bonds is 3. The summed E-state index contributed by atoms with van der Waals surface area (Å²) in [5.74, 6) is -0.196. The zero-order valence-electron chi connectivity index (χ0n) is 15.9. The van der Waals surface area contributed by atoms with Crippen LogP contribution in [0.15, 0.2) is 24.0 Å². The van der Waals surface area contributed by atoms with Gasteiger partial charge in [0.1, 0.15) is 5.78 Å². The number of carbonyl (C=O) groups excluding carboxylic acids is 2. The third-order valence-electron chi connectivity index (χ3n) is 6.73. The number of hydrogen-bond acceptors (Lipinski definition) is 6. The molecular weight excluding hydrogens is 346 g/mol. The standard InChI is InChI=1S/C21H25NO5/c1-11(23)8-13-12-4-5-15(24)20(26)18(12)21-6-7-22(2)19(13)14(21)9-17(27-3)16(25)10-21/h4-5,9,13-14,19,24,26H,6-8,10H2,1-3H3. The van der Waals surface area contributed by atoms with Gasteiger partial charge in [0.05, 0.1) is 7.11 Å². The van der Waals surface area contributed by atoms with Crippen LogP contribution in [-0.2, 0) is 19.7 Å². The Morgan fingerprint density at radius 1 is 1.37 bits per heavy atom. The van der Waals surface area contributed by atoms with E-state index in [1.165, 1.54) is 13.2 Å². The maximum Gasteiger partial charge on any atom is 0.197 e. The highest BCUT2D eigenvalue weighted by Gasteiger charge is 2.59. The lowest BCUT2D eigenvalue weighted by atomic mass is 9.50. The van der Waals surface area contributed by atoms with Gasteiger partial charge in [-0.1, -0.05) is 6.07 Å². The van der Waals surface area contributed by atoms with Crippen molar-refractivity contribution in [3.8, 4) is 11.5 Å². The van der Waals surface area contributed by atoms with Crippen LogP contribution in [0.5, 0.6) is 11.5 Å². The number of benzene rings is 1. The van der Waals surface area contributed by atoms with E-state index in [4.69, 9.17) is 4.74 Å². The minimum absolute atomic E-state index is 0.0253. The first-order chi connectivity index (χ1) is 12.8. The van der Waals surface area contributed by atoms with Crippen molar-refractivity contribution in [1.29, 1.82) is 0 Å². The van der Waals surface area contributed by atoms with Crippen molar-refractivity contribution < 1.29 is 24.5 Å². The maximum absolute atomic E-state index is 12.7. The van der Waals surface area contributed by atoms with Crippen molar-refractivity contribution in [2.45, 2.75) is 43.6 Å². The van der Waals surface area contributed by atoms with E-state index in [1.807, 2.05) is 19.2 Å². The Morgan fingerprint density at radius 3 is 2.78 bits per heavy atom. The molecule has 2 bridgehead atoms. The average molecular weight is 371 g/mol. The highest BCUT2D eigenvalue weighted by atomic mass is 16.5. The van der Waals surface area contributed by atoms with Gasteiger partial charge in [0.2, 0.25) is 0 Å². The Morgan fingerprint density at radius 2 is 2.11 bits per heavy atom. The van der Waals surface area contributed by atoms with E-state index in [-0.39, 0.29) is 47.4 Å². The number of Topliss-reactive ketones (excluding diaryl/α,β-unsaturated/α-hetero) is 2. The van der Waals surface area contributed by atoms with E-state index in [0.29, 0.717) is 24.2 Å². The van der Waals surface area contributed by atoms with Gasteiger partial charge in [0.15, 0.2) is 23.0 Å². The van der Waals surface area contributed by atoms with Gasteiger partial charge in [-0.2, -0.15) is 0 Å². The van der Waals surface area contributed by atoms with Gasteiger partial charge in [0.25, 0.3) is 0 Å². The van der Waals surface area contributed by atoms with Crippen LogP contribution in [0, 0.1) is 5.92 Å². The van der Waals surface area contributed by atoms with Crippen molar-refractivity contribution in [1.82, 2.24) is 4.90 Å². The zero-order valence-corrected chi connectivity index (χ0v) is 15.9. The summed E-state index contributed by atoms with van der Waals surface area (Å²) < 4.78 is 5.32. The molecule has 4 unspecified atom stereocenters. The molecule has 6 heteroatoms. The summed E-state index contributed by atoms with van der Waals surface area (Å²) in [6.07, 6.45) is 3.16. The van der Waals surface area contributed by atoms with Crippen LogP contribution in [0.1, 0.15) is 43.2 Å². The van der Waals surface area contributed by atoms with Crippen LogP contribution < -0.4 is 0 Å². The Labute approximate surface area is 158 Å². The molecule has 1 aliphatic heterocycles. The zero-order chi connectivity index (χ0) is 19.5. The predicted octanol–water partition coefficient (Wildman–Crippen LogP) is 2.24. The Bertz CT molecular complexity index is 860. The number of allylic oxidation sites excluding steroid dienone is 1. The van der Waals surface area contributed by atoms with Crippen LogP contribution in [0.2, 0.25) is 0 Å². The Kier molecular flexibility index (Phi) is 4.07. The fourth-order valence-corrected chi connectivity index (χ4v) is 5.66. The number of aromatic hydroxyl groups is 2. The molecule has 144 valence electrons. The van der Waals surface area contributed by atoms with Crippen LogP contribution in [-0.4, -0.2) is 53.4 Å². The van der Waals surface area contributed by atoms with Crippen molar-refractivity contribution in [3.63, 3.8) is 0 Å². The van der Waals surface area contributed by atoms with Crippen molar-refractivity contribution in [2.24, 2.45) is 5.92 Å². The number of piperidine rings is 1. The first-order valence-corrected chi connectivity index (χ1v) is 9.34. The molecule has 2 N–H and O–H groups in total. The van der Waals surface area contributed by atoms with Crippen molar-refractivity contribution in [3.05, 3.63) is 35.1 Å². The van der Waals surface area contributed by atoms with Crippen LogP contribution in [0.3, 0.4) is 0 Å². The summed E-state index contributed by atoms with van der Waals surface area (Å²) >= 11 is 0. The SMILES string of the molecule is COC1=CC2C3C(CC(C)=O)c4ccc(O)c(O)c4C2(CCN3C)CC1=O. The van der Waals surface area contributed by atoms with Crippen LogP contribution >= 0.6 is 0 Å². The fraction of sp³-hybridized carbons (Fsp3) is 0.524. The van der Waals surface area contributed by atoms with Gasteiger partial charge in [-0.25, -0.2) is 0 Å². The summed E-state index contributed by atoms with van der Waals surface area (Å²) in [4.78, 5) is 27.0. The van der Waals surface area contributed by atoms with E-state index >= 15 is 0 Å². The molecule has 6 nitrogen and oxygen atoms in total. The number of hydrogen-bond donors (Lipinski definition) is 2. The topological polar surface area (TPSA) is 87.1 Å². The second-order valence-corrected chi connectivity index (χ2v) is 8.15. The molecule has 3 aliphatic rings. The van der Waals surface area contributed by atoms with Crippen LogP contribution in [0.25, 0.3) is 0 Å². The summed E-state index contributed by atoms with van der Waals surface area (Å²) in [6, 6.07) is 3.31. The lowest BCUT2D eigenvalue weighted by Gasteiger charge is -2.59. The van der Waals surface area contributed by atoms with Crippen molar-refractivity contribution in [2.75, 3.05) is 20.7 Å². The Balaban J connectivity index is 2.02. The quantitative estimate of drug-likeness (QED) is 0.793. The maximum atomic E-state index is 12.7. The number of likely N-dealkylation sites (tertiary alicyclic amines) is 1. The number of methoxy groups -OCH3 is 1. The second-order valence-electron chi connectivity index (χ2n) is 8.15. The lowest BCUT2D eigenvalue weighted by Crippen LogP contribution is -2.61. The first-order valence-electron chi connectivity index (χ1n) is 9.34. The average Bonchev–Trinajstić information content (AvgIpc) is 2.61. The molecule has 1 aromatic rings. The van der Waals surface area contributed by atoms with E-state index < -0.39 is 5.41 Å². The summed E-state index contributed by atoms with van der Waals surface area (Å²) in [5, 5.41) is 21.0. The van der Waals surface area contributed by atoms with Crippen molar-refractivity contribution >= 4 is 11.6 Å². The highest BCUT2D eigenvalue weighted by Crippen LogP contribution is 2.61. The smallest absolute Gasteiger partial charge is 0.197 e. The number of carbonyl (C=O) groups is 2. The molecule has 1 saturated heterocycles. The Hall–Kier alpha value is -2.34. The van der Waals surface area contributed by atoms with Crippen LogP contribution in [0.4, 0.5) is 0 Å². The second kappa shape index (κ2) is 6.09.